The van der Waals surface area contributed by atoms with E-state index in [-0.39, 0.29) is 12.5 Å². The fourth-order valence-electron chi connectivity index (χ4n) is 2.42. The Labute approximate surface area is 142 Å². The second kappa shape index (κ2) is 8.15. The highest BCUT2D eigenvalue weighted by molar-refractivity contribution is 5.85. The van der Waals surface area contributed by atoms with Gasteiger partial charge < -0.3 is 9.47 Å². The van der Waals surface area contributed by atoms with Crippen LogP contribution in [0.4, 0.5) is 0 Å². The van der Waals surface area contributed by atoms with Gasteiger partial charge in [-0.05, 0) is 56.2 Å². The highest BCUT2D eigenvalue weighted by atomic mass is 16.5. The molecule has 5 heteroatoms. The third-order valence-electron chi connectivity index (χ3n) is 3.55. The maximum atomic E-state index is 11.8. The van der Waals surface area contributed by atoms with E-state index in [2.05, 4.69) is 29.6 Å². The quantitative estimate of drug-likeness (QED) is 0.655. The van der Waals surface area contributed by atoms with Gasteiger partial charge in [0.25, 0.3) is 5.91 Å². The molecule has 2 aromatic carbocycles. The maximum Gasteiger partial charge on any atom is 0.277 e. The normalized spacial score (nSPS) is 10.7. The van der Waals surface area contributed by atoms with Gasteiger partial charge >= 0.3 is 0 Å². The van der Waals surface area contributed by atoms with Gasteiger partial charge in [-0.25, -0.2) is 5.43 Å². The summed E-state index contributed by atoms with van der Waals surface area (Å²) in [4.78, 5) is 11.8. The first-order chi connectivity index (χ1) is 11.5. The first kappa shape index (κ1) is 17.5. The zero-order valence-corrected chi connectivity index (χ0v) is 14.4. The number of nitrogens with one attached hydrogen (secondary N) is 1. The molecule has 0 atom stereocenters. The summed E-state index contributed by atoms with van der Waals surface area (Å²) >= 11 is 0. The minimum Gasteiger partial charge on any atom is -0.497 e. The van der Waals surface area contributed by atoms with Gasteiger partial charge in [-0.15, -0.1) is 0 Å². The number of methoxy groups -OCH3 is 1. The molecule has 0 bridgehead atoms. The number of hydrogen-bond donors (Lipinski definition) is 1. The first-order valence-electron chi connectivity index (χ1n) is 7.66. The number of hydrogen-bond acceptors (Lipinski definition) is 4. The van der Waals surface area contributed by atoms with Crippen LogP contribution in [0.3, 0.4) is 0 Å². The second-order valence-electron chi connectivity index (χ2n) is 5.57. The average Bonchev–Trinajstić information content (AvgIpc) is 2.55. The van der Waals surface area contributed by atoms with E-state index < -0.39 is 0 Å². The average molecular weight is 326 g/mol. The molecule has 24 heavy (non-hydrogen) atoms. The summed E-state index contributed by atoms with van der Waals surface area (Å²) in [6.45, 7) is 6.00. The van der Waals surface area contributed by atoms with Gasteiger partial charge in [0.2, 0.25) is 0 Å². The number of carbonyl (C=O) groups excluding carboxylic acids is 1. The molecule has 0 radical (unpaired) electrons. The van der Waals surface area contributed by atoms with Gasteiger partial charge in [-0.3, -0.25) is 4.79 Å². The zero-order chi connectivity index (χ0) is 17.5. The molecule has 0 aliphatic heterocycles. The van der Waals surface area contributed by atoms with Gasteiger partial charge in [0.15, 0.2) is 6.61 Å². The number of carbonyl (C=O) groups is 1. The lowest BCUT2D eigenvalue weighted by atomic mass is 10.0. The fraction of sp³-hybridized carbons (Fsp3) is 0.263. The molecule has 0 aliphatic carbocycles. The Bertz CT molecular complexity index is 714. The molecule has 0 unspecified atom stereocenters. The van der Waals surface area contributed by atoms with E-state index in [9.17, 15) is 4.79 Å². The van der Waals surface area contributed by atoms with Crippen molar-refractivity contribution in [2.75, 3.05) is 13.7 Å². The van der Waals surface area contributed by atoms with Crippen molar-refractivity contribution in [3.8, 4) is 11.5 Å². The van der Waals surface area contributed by atoms with E-state index in [0.717, 1.165) is 22.4 Å². The summed E-state index contributed by atoms with van der Waals surface area (Å²) in [5.41, 5.74) is 6.94. The van der Waals surface area contributed by atoms with E-state index in [1.54, 1.807) is 37.6 Å². The smallest absolute Gasteiger partial charge is 0.277 e. The Morgan fingerprint density at radius 3 is 2.25 bits per heavy atom. The minimum atomic E-state index is -0.315. The number of amides is 1. The number of aryl methyl sites for hydroxylation is 3. The van der Waals surface area contributed by atoms with Crippen LogP contribution in [0.15, 0.2) is 41.5 Å². The van der Waals surface area contributed by atoms with E-state index in [1.165, 1.54) is 5.56 Å². The summed E-state index contributed by atoms with van der Waals surface area (Å²) in [6, 6.07) is 11.2. The number of rotatable bonds is 6. The predicted molar refractivity (Wildman–Crippen MR) is 94.9 cm³/mol. The Kier molecular flexibility index (Phi) is 5.95. The molecule has 5 nitrogen and oxygen atoms in total. The van der Waals surface area contributed by atoms with Crippen LogP contribution in [0.2, 0.25) is 0 Å². The molecule has 1 N–H and O–H groups in total. The molecule has 2 rings (SSSR count). The highest BCUT2D eigenvalue weighted by Crippen LogP contribution is 2.17. The van der Waals surface area contributed by atoms with Crippen LogP contribution in [0.1, 0.15) is 22.3 Å². The van der Waals surface area contributed by atoms with Crippen LogP contribution in [0.5, 0.6) is 11.5 Å². The van der Waals surface area contributed by atoms with Crippen molar-refractivity contribution in [2.24, 2.45) is 5.10 Å². The van der Waals surface area contributed by atoms with Crippen LogP contribution in [-0.2, 0) is 4.79 Å². The van der Waals surface area contributed by atoms with Crippen LogP contribution < -0.4 is 14.9 Å². The summed E-state index contributed by atoms with van der Waals surface area (Å²) in [6.07, 6.45) is 1.66. The summed E-state index contributed by atoms with van der Waals surface area (Å²) in [7, 11) is 1.60. The monoisotopic (exact) mass is 326 g/mol. The van der Waals surface area contributed by atoms with Gasteiger partial charge in [0.1, 0.15) is 11.5 Å². The molecule has 2 aromatic rings. The van der Waals surface area contributed by atoms with Crippen LogP contribution in [0, 0.1) is 20.8 Å². The first-order valence-corrected chi connectivity index (χ1v) is 7.66. The molecule has 0 fully saturated rings. The molecule has 0 saturated carbocycles. The summed E-state index contributed by atoms with van der Waals surface area (Å²) < 4.78 is 10.5. The minimum absolute atomic E-state index is 0.102. The highest BCUT2D eigenvalue weighted by Gasteiger charge is 2.03. The largest absolute Gasteiger partial charge is 0.497 e. The van der Waals surface area contributed by atoms with Gasteiger partial charge in [0, 0.05) is 5.56 Å². The zero-order valence-electron chi connectivity index (χ0n) is 14.4. The Morgan fingerprint density at radius 1 is 1.08 bits per heavy atom. The number of hydrazone groups is 1. The van der Waals surface area contributed by atoms with E-state index >= 15 is 0 Å². The lowest BCUT2D eigenvalue weighted by molar-refractivity contribution is -0.123. The lowest BCUT2D eigenvalue weighted by Crippen LogP contribution is -2.24. The number of nitrogens with zero attached hydrogens (tertiary/aromatic N) is 1. The topological polar surface area (TPSA) is 59.9 Å². The Hall–Kier alpha value is -2.82. The molecule has 0 heterocycles. The van der Waals surface area contributed by atoms with Crippen molar-refractivity contribution in [3.05, 3.63) is 58.7 Å². The molecule has 1 amide bonds. The van der Waals surface area contributed by atoms with Crippen LogP contribution >= 0.6 is 0 Å². The van der Waals surface area contributed by atoms with E-state index in [1.807, 2.05) is 13.8 Å². The molecule has 0 spiro atoms. The van der Waals surface area contributed by atoms with E-state index in [0.29, 0.717) is 5.75 Å². The molecular formula is C19H22N2O3. The van der Waals surface area contributed by atoms with E-state index in [4.69, 9.17) is 9.47 Å². The third kappa shape index (κ3) is 4.84. The molecule has 0 saturated heterocycles. The second-order valence-corrected chi connectivity index (χ2v) is 5.57. The standard InChI is InChI=1S/C19H22N2O3/c1-13-9-14(2)18(15(3)10-13)11-20-21-19(22)12-24-17-7-5-16(23-4)6-8-17/h5-11H,12H2,1-4H3,(H,21,22)/b20-11-. The van der Waals surface area contributed by atoms with Gasteiger partial charge in [-0.2, -0.15) is 5.10 Å². The predicted octanol–water partition coefficient (Wildman–Crippen LogP) is 3.15. The van der Waals surface area contributed by atoms with Crippen LogP contribution in [-0.4, -0.2) is 25.8 Å². The summed E-state index contributed by atoms with van der Waals surface area (Å²) in [5.74, 6) is 1.02. The van der Waals surface area contributed by atoms with Crippen molar-refractivity contribution in [2.45, 2.75) is 20.8 Å². The number of benzene rings is 2. The van der Waals surface area contributed by atoms with Gasteiger partial charge in [0.05, 0.1) is 13.3 Å². The van der Waals surface area contributed by atoms with Crippen LogP contribution in [0.25, 0.3) is 0 Å². The number of ether oxygens (including phenoxy) is 2. The molecule has 0 aliphatic rings. The SMILES string of the molecule is COc1ccc(OCC(=O)N/N=C\c2c(C)cc(C)cc2C)cc1. The van der Waals surface area contributed by atoms with Gasteiger partial charge in [-0.1, -0.05) is 17.7 Å². The maximum absolute atomic E-state index is 11.8. The van der Waals surface area contributed by atoms with Crippen molar-refractivity contribution in [1.29, 1.82) is 0 Å². The van der Waals surface area contributed by atoms with Crippen molar-refractivity contribution in [1.82, 2.24) is 5.43 Å². The Morgan fingerprint density at radius 2 is 1.67 bits per heavy atom. The van der Waals surface area contributed by atoms with Crippen molar-refractivity contribution >= 4 is 12.1 Å². The lowest BCUT2D eigenvalue weighted by Gasteiger charge is -2.07. The van der Waals surface area contributed by atoms with Crippen molar-refractivity contribution < 1.29 is 14.3 Å². The molecule has 0 aromatic heterocycles. The Balaban J connectivity index is 1.86. The fourth-order valence-corrected chi connectivity index (χ4v) is 2.42. The molecular weight excluding hydrogens is 304 g/mol. The van der Waals surface area contributed by atoms with Crippen molar-refractivity contribution in [3.63, 3.8) is 0 Å². The third-order valence-corrected chi connectivity index (χ3v) is 3.55. The summed E-state index contributed by atoms with van der Waals surface area (Å²) in [5, 5.41) is 4.01. The molecule has 126 valence electrons.